The molecule has 0 aliphatic carbocycles. The molecule has 0 amide bonds. The molecule has 0 saturated heterocycles. The molecule has 5 nitrogen and oxygen atoms in total. The molecule has 0 aliphatic heterocycles. The number of rotatable bonds is 2. The second-order valence-electron chi connectivity index (χ2n) is 3.54. The fourth-order valence-corrected chi connectivity index (χ4v) is 1.39. The lowest BCUT2D eigenvalue weighted by atomic mass is 10.2. The van der Waals surface area contributed by atoms with Crippen LogP contribution in [0.4, 0.5) is 0 Å². The van der Waals surface area contributed by atoms with Gasteiger partial charge in [0.05, 0.1) is 23.3 Å². The van der Waals surface area contributed by atoms with Crippen LogP contribution in [0.2, 0.25) is 0 Å². The van der Waals surface area contributed by atoms with E-state index in [1.54, 1.807) is 12.4 Å². The minimum absolute atomic E-state index is 0.398. The molecule has 2 N–H and O–H groups in total. The first-order valence-corrected chi connectivity index (χ1v) is 5.02. The van der Waals surface area contributed by atoms with Gasteiger partial charge in [0.1, 0.15) is 11.5 Å². The molecule has 0 aromatic carbocycles. The van der Waals surface area contributed by atoms with E-state index < -0.39 is 0 Å². The van der Waals surface area contributed by atoms with Gasteiger partial charge in [-0.3, -0.25) is 9.97 Å². The Kier molecular flexibility index (Phi) is 2.87. The highest BCUT2D eigenvalue weighted by Gasteiger charge is 2.05. The number of nitrogens with zero attached hydrogens (tertiary/aromatic N) is 4. The van der Waals surface area contributed by atoms with E-state index in [9.17, 15) is 0 Å². The number of hydrogen-bond donors (Lipinski definition) is 1. The van der Waals surface area contributed by atoms with Gasteiger partial charge < -0.3 is 5.73 Å². The highest BCUT2D eigenvalue weighted by molar-refractivity contribution is 5.52. The summed E-state index contributed by atoms with van der Waals surface area (Å²) in [5.74, 6) is 0.695. The first-order chi connectivity index (χ1) is 7.69. The Bertz CT molecular complexity index is 492. The van der Waals surface area contributed by atoms with E-state index >= 15 is 0 Å². The van der Waals surface area contributed by atoms with Crippen LogP contribution in [-0.4, -0.2) is 19.9 Å². The summed E-state index contributed by atoms with van der Waals surface area (Å²) in [6, 6.07) is 1.84. The summed E-state index contributed by atoms with van der Waals surface area (Å²) in [7, 11) is 0. The van der Waals surface area contributed by atoms with Gasteiger partial charge in [-0.25, -0.2) is 9.97 Å². The number of aromatic nitrogens is 4. The number of aryl methyl sites for hydroxylation is 2. The molecule has 0 aliphatic rings. The fourth-order valence-electron chi connectivity index (χ4n) is 1.39. The quantitative estimate of drug-likeness (QED) is 0.808. The van der Waals surface area contributed by atoms with Crippen LogP contribution in [0.3, 0.4) is 0 Å². The summed E-state index contributed by atoms with van der Waals surface area (Å²) in [5.41, 5.74) is 8.76. The number of hydrogen-bond acceptors (Lipinski definition) is 5. The molecule has 0 unspecified atom stereocenters. The van der Waals surface area contributed by atoms with Crippen molar-refractivity contribution >= 4 is 0 Å². The van der Waals surface area contributed by atoms with Gasteiger partial charge in [0.2, 0.25) is 0 Å². The zero-order valence-corrected chi connectivity index (χ0v) is 9.31. The van der Waals surface area contributed by atoms with Gasteiger partial charge in [-0.1, -0.05) is 0 Å². The van der Waals surface area contributed by atoms with Gasteiger partial charge in [-0.05, 0) is 19.9 Å². The van der Waals surface area contributed by atoms with Crippen molar-refractivity contribution in [2.45, 2.75) is 20.4 Å². The monoisotopic (exact) mass is 215 g/mol. The van der Waals surface area contributed by atoms with E-state index in [1.165, 1.54) is 0 Å². The molecule has 82 valence electrons. The average molecular weight is 215 g/mol. The molecule has 0 fully saturated rings. The van der Waals surface area contributed by atoms with E-state index in [1.807, 2.05) is 19.9 Å². The van der Waals surface area contributed by atoms with Gasteiger partial charge in [-0.15, -0.1) is 0 Å². The lowest BCUT2D eigenvalue weighted by Gasteiger charge is -2.03. The first kappa shape index (κ1) is 10.6. The second kappa shape index (κ2) is 4.32. The van der Waals surface area contributed by atoms with Crippen LogP contribution in [0.5, 0.6) is 0 Å². The van der Waals surface area contributed by atoms with Crippen molar-refractivity contribution in [1.29, 1.82) is 0 Å². The summed E-state index contributed by atoms with van der Waals surface area (Å²) in [5, 5.41) is 0. The molecule has 0 atom stereocenters. The Morgan fingerprint density at radius 3 is 2.50 bits per heavy atom. The van der Waals surface area contributed by atoms with Gasteiger partial charge in [0.25, 0.3) is 0 Å². The van der Waals surface area contributed by atoms with Gasteiger partial charge in [0, 0.05) is 12.7 Å². The van der Waals surface area contributed by atoms with Crippen molar-refractivity contribution in [2.24, 2.45) is 5.73 Å². The summed E-state index contributed by atoms with van der Waals surface area (Å²) >= 11 is 0. The summed E-state index contributed by atoms with van der Waals surface area (Å²) in [4.78, 5) is 17.0. The van der Waals surface area contributed by atoms with Crippen LogP contribution < -0.4 is 5.73 Å². The van der Waals surface area contributed by atoms with Crippen LogP contribution in [0.15, 0.2) is 18.5 Å². The molecule has 2 heterocycles. The van der Waals surface area contributed by atoms with E-state index in [0.29, 0.717) is 12.4 Å². The number of nitrogens with two attached hydrogens (primary N) is 1. The molecule has 0 saturated carbocycles. The zero-order chi connectivity index (χ0) is 11.5. The molecule has 2 aromatic heterocycles. The molecule has 5 heteroatoms. The minimum Gasteiger partial charge on any atom is -0.325 e. The third-order valence-electron chi connectivity index (χ3n) is 2.14. The predicted octanol–water partition coefficient (Wildman–Crippen LogP) is 1.01. The Balaban J connectivity index is 2.47. The van der Waals surface area contributed by atoms with Crippen molar-refractivity contribution in [2.75, 3.05) is 0 Å². The smallest absolute Gasteiger partial charge is 0.126 e. The van der Waals surface area contributed by atoms with Crippen molar-refractivity contribution in [3.63, 3.8) is 0 Å². The molecule has 2 rings (SSSR count). The summed E-state index contributed by atoms with van der Waals surface area (Å²) < 4.78 is 0. The molecule has 0 spiro atoms. The normalized spacial score (nSPS) is 10.4. The summed E-state index contributed by atoms with van der Waals surface area (Å²) in [6.45, 7) is 4.13. The van der Waals surface area contributed by atoms with E-state index in [-0.39, 0.29) is 0 Å². The average Bonchev–Trinajstić information content (AvgIpc) is 2.29. The lowest BCUT2D eigenvalue weighted by Crippen LogP contribution is -2.04. The van der Waals surface area contributed by atoms with Gasteiger partial charge in [-0.2, -0.15) is 0 Å². The van der Waals surface area contributed by atoms with Crippen molar-refractivity contribution < 1.29 is 0 Å². The molecule has 2 aromatic rings. The maximum Gasteiger partial charge on any atom is 0.126 e. The topological polar surface area (TPSA) is 77.6 Å². The predicted molar refractivity (Wildman–Crippen MR) is 60.4 cm³/mol. The first-order valence-electron chi connectivity index (χ1n) is 5.02. The van der Waals surface area contributed by atoms with Crippen LogP contribution in [-0.2, 0) is 6.54 Å². The van der Waals surface area contributed by atoms with E-state index in [0.717, 1.165) is 22.8 Å². The Labute approximate surface area is 93.8 Å². The third-order valence-corrected chi connectivity index (χ3v) is 2.14. The Morgan fingerprint density at radius 1 is 1.06 bits per heavy atom. The fraction of sp³-hybridized carbons (Fsp3) is 0.273. The molecule has 0 bridgehead atoms. The largest absolute Gasteiger partial charge is 0.325 e. The van der Waals surface area contributed by atoms with Crippen LogP contribution in [0, 0.1) is 13.8 Å². The highest BCUT2D eigenvalue weighted by atomic mass is 14.9. The van der Waals surface area contributed by atoms with E-state index in [2.05, 4.69) is 19.9 Å². The van der Waals surface area contributed by atoms with E-state index in [4.69, 9.17) is 5.73 Å². The van der Waals surface area contributed by atoms with Crippen LogP contribution in [0.25, 0.3) is 11.4 Å². The van der Waals surface area contributed by atoms with Gasteiger partial charge in [0.15, 0.2) is 0 Å². The minimum atomic E-state index is 0.398. The van der Waals surface area contributed by atoms with Crippen LogP contribution >= 0.6 is 0 Å². The SMILES string of the molecule is Cc1cnc(-c2cc(CN)nc(C)n2)cn1. The molecule has 0 radical (unpaired) electrons. The Hall–Kier alpha value is -1.88. The molecular weight excluding hydrogens is 202 g/mol. The van der Waals surface area contributed by atoms with Crippen LogP contribution in [0.1, 0.15) is 17.2 Å². The molecule has 16 heavy (non-hydrogen) atoms. The molecular formula is C11H13N5. The maximum atomic E-state index is 5.56. The second-order valence-corrected chi connectivity index (χ2v) is 3.54. The highest BCUT2D eigenvalue weighted by Crippen LogP contribution is 2.14. The standard InChI is InChI=1S/C11H13N5/c1-7-5-14-11(6-13-7)10-3-9(4-12)15-8(2)16-10/h3,5-6H,4,12H2,1-2H3. The van der Waals surface area contributed by atoms with Crippen molar-refractivity contribution in [3.05, 3.63) is 35.7 Å². The zero-order valence-electron chi connectivity index (χ0n) is 9.31. The summed E-state index contributed by atoms with van der Waals surface area (Å²) in [6.07, 6.45) is 3.42. The lowest BCUT2D eigenvalue weighted by molar-refractivity contribution is 0.925. The third kappa shape index (κ3) is 2.20. The van der Waals surface area contributed by atoms with Gasteiger partial charge >= 0.3 is 0 Å². The maximum absolute atomic E-state index is 5.56. The van der Waals surface area contributed by atoms with Crippen molar-refractivity contribution in [3.8, 4) is 11.4 Å². The van der Waals surface area contributed by atoms with Crippen molar-refractivity contribution in [1.82, 2.24) is 19.9 Å². The Morgan fingerprint density at radius 2 is 1.88 bits per heavy atom.